The summed E-state index contributed by atoms with van der Waals surface area (Å²) in [5, 5.41) is 9.88. The zero-order valence-corrected chi connectivity index (χ0v) is 12.5. The van der Waals surface area contributed by atoms with Gasteiger partial charge < -0.3 is 5.11 Å². The Balaban J connectivity index is 1.64. The van der Waals surface area contributed by atoms with Crippen molar-refractivity contribution >= 4 is 5.78 Å². The Morgan fingerprint density at radius 3 is 2.90 bits per heavy atom. The minimum absolute atomic E-state index is 0.000685. The van der Waals surface area contributed by atoms with Crippen LogP contribution in [0.15, 0.2) is 11.6 Å². The molecule has 3 fully saturated rings. The number of Topliss-reactive ketones (excluding diaryl/α,β-unsaturated/α-hetero) is 1. The van der Waals surface area contributed by atoms with E-state index < -0.39 is 0 Å². The fourth-order valence-electron chi connectivity index (χ4n) is 6.02. The van der Waals surface area contributed by atoms with E-state index in [0.29, 0.717) is 11.7 Å². The maximum absolute atomic E-state index is 12.3. The molecule has 0 heterocycles. The molecule has 0 bridgehead atoms. The number of aliphatic hydroxyl groups is 1. The first-order valence-corrected chi connectivity index (χ1v) is 8.50. The van der Waals surface area contributed by atoms with Crippen molar-refractivity contribution in [3.05, 3.63) is 11.6 Å². The lowest BCUT2D eigenvalue weighted by Crippen LogP contribution is -2.46. The van der Waals surface area contributed by atoms with Gasteiger partial charge in [0.05, 0.1) is 6.10 Å². The molecule has 0 amide bonds. The highest BCUT2D eigenvalue weighted by atomic mass is 16.3. The van der Waals surface area contributed by atoms with Crippen LogP contribution in [-0.2, 0) is 4.79 Å². The summed E-state index contributed by atoms with van der Waals surface area (Å²) in [5.74, 6) is 3.43. The van der Waals surface area contributed by atoms with E-state index in [4.69, 9.17) is 0 Å². The van der Waals surface area contributed by atoms with Crippen LogP contribution in [0.5, 0.6) is 0 Å². The summed E-state index contributed by atoms with van der Waals surface area (Å²) in [6.07, 6.45) is 10.9. The molecule has 1 unspecified atom stereocenters. The molecule has 0 aromatic carbocycles. The Kier molecular flexibility index (Phi) is 2.89. The van der Waals surface area contributed by atoms with Gasteiger partial charge in [0.25, 0.3) is 0 Å². The van der Waals surface area contributed by atoms with E-state index in [0.717, 1.165) is 56.3 Å². The van der Waals surface area contributed by atoms with Crippen molar-refractivity contribution in [2.24, 2.45) is 29.1 Å². The summed E-state index contributed by atoms with van der Waals surface area (Å²) in [5.41, 5.74) is 1.54. The van der Waals surface area contributed by atoms with E-state index >= 15 is 0 Å². The van der Waals surface area contributed by atoms with Gasteiger partial charge in [-0.05, 0) is 68.6 Å². The Bertz CT molecular complexity index is 466. The molecule has 4 rings (SSSR count). The van der Waals surface area contributed by atoms with Crippen molar-refractivity contribution in [1.29, 1.82) is 0 Å². The first-order chi connectivity index (χ1) is 9.59. The van der Waals surface area contributed by atoms with Crippen LogP contribution in [0, 0.1) is 29.1 Å². The number of ketones is 1. The summed E-state index contributed by atoms with van der Waals surface area (Å²) in [6, 6.07) is 0. The van der Waals surface area contributed by atoms with Crippen LogP contribution in [0.25, 0.3) is 0 Å². The second kappa shape index (κ2) is 4.43. The van der Waals surface area contributed by atoms with E-state index in [1.165, 1.54) is 18.4 Å². The van der Waals surface area contributed by atoms with Gasteiger partial charge in [-0.25, -0.2) is 0 Å². The van der Waals surface area contributed by atoms with Gasteiger partial charge in [0.15, 0.2) is 0 Å². The summed E-state index contributed by atoms with van der Waals surface area (Å²) in [6.45, 7) is 2.24. The molecular formula is C18H26O2. The van der Waals surface area contributed by atoms with Gasteiger partial charge in [0.2, 0.25) is 0 Å². The fraction of sp³-hybridized carbons (Fsp3) is 0.833. The standard InChI is InChI=1S/C18H26O2/c1-18-9-8-14-13-5-3-12(19)10-11(13)2-4-15(14)16(18)6-7-17(18)20/h2,12-16,19H,3-10H2,1H3/t12?,13-,14+,15+,16-,18-/m0/s1. The maximum atomic E-state index is 12.3. The molecule has 0 aliphatic heterocycles. The molecule has 0 aromatic rings. The molecule has 110 valence electrons. The topological polar surface area (TPSA) is 37.3 Å². The van der Waals surface area contributed by atoms with Gasteiger partial charge in [0, 0.05) is 11.8 Å². The summed E-state index contributed by atoms with van der Waals surface area (Å²) in [7, 11) is 0. The SMILES string of the molecule is C[C@]12CC[C@H]3[C@@H](CC=C4CC(O)CC[C@@H]43)[C@@H]1CCC2=O. The summed E-state index contributed by atoms with van der Waals surface area (Å²) in [4.78, 5) is 12.3. The minimum atomic E-state index is -0.101. The number of carbonyl (C=O) groups is 1. The minimum Gasteiger partial charge on any atom is -0.393 e. The summed E-state index contributed by atoms with van der Waals surface area (Å²) < 4.78 is 0. The van der Waals surface area contributed by atoms with Crippen LogP contribution in [0.4, 0.5) is 0 Å². The molecule has 0 aromatic heterocycles. The van der Waals surface area contributed by atoms with Gasteiger partial charge in [-0.15, -0.1) is 0 Å². The van der Waals surface area contributed by atoms with Crippen LogP contribution in [0.1, 0.15) is 58.3 Å². The highest BCUT2D eigenvalue weighted by Gasteiger charge is 2.55. The number of aliphatic hydroxyl groups excluding tert-OH is 1. The van der Waals surface area contributed by atoms with Crippen molar-refractivity contribution in [3.8, 4) is 0 Å². The lowest BCUT2D eigenvalue weighted by Gasteiger charge is -2.51. The molecule has 0 radical (unpaired) electrons. The smallest absolute Gasteiger partial charge is 0.139 e. The molecule has 20 heavy (non-hydrogen) atoms. The molecule has 1 N–H and O–H groups in total. The fourth-order valence-corrected chi connectivity index (χ4v) is 6.02. The van der Waals surface area contributed by atoms with Gasteiger partial charge in [-0.1, -0.05) is 18.6 Å². The highest BCUT2D eigenvalue weighted by Crippen LogP contribution is 2.60. The van der Waals surface area contributed by atoms with Gasteiger partial charge in [0.1, 0.15) is 5.78 Å². The molecule has 4 aliphatic carbocycles. The maximum Gasteiger partial charge on any atom is 0.139 e. The lowest BCUT2D eigenvalue weighted by atomic mass is 9.53. The number of hydrogen-bond acceptors (Lipinski definition) is 2. The second-order valence-electron chi connectivity index (χ2n) is 7.91. The number of carbonyl (C=O) groups excluding carboxylic acids is 1. The van der Waals surface area contributed by atoms with Crippen LogP contribution >= 0.6 is 0 Å². The van der Waals surface area contributed by atoms with Crippen molar-refractivity contribution in [2.45, 2.75) is 64.4 Å². The first-order valence-electron chi connectivity index (χ1n) is 8.50. The monoisotopic (exact) mass is 274 g/mol. The number of allylic oxidation sites excluding steroid dienone is 1. The molecule has 2 nitrogen and oxygen atoms in total. The lowest BCUT2D eigenvalue weighted by molar-refractivity contribution is -0.130. The van der Waals surface area contributed by atoms with E-state index in [-0.39, 0.29) is 11.5 Å². The van der Waals surface area contributed by atoms with Crippen molar-refractivity contribution in [3.63, 3.8) is 0 Å². The van der Waals surface area contributed by atoms with Crippen molar-refractivity contribution in [2.75, 3.05) is 0 Å². The Labute approximate surface area is 121 Å². The molecule has 2 heteroatoms. The molecule has 0 saturated heterocycles. The average Bonchev–Trinajstić information content (AvgIpc) is 2.74. The predicted octanol–water partition coefficient (Wildman–Crippen LogP) is 3.49. The van der Waals surface area contributed by atoms with Crippen LogP contribution in [0.2, 0.25) is 0 Å². The molecule has 6 atom stereocenters. The number of hydrogen-bond donors (Lipinski definition) is 1. The largest absolute Gasteiger partial charge is 0.393 e. The molecule has 3 saturated carbocycles. The number of fused-ring (bicyclic) bond motifs is 5. The van der Waals surface area contributed by atoms with Gasteiger partial charge in [-0.3, -0.25) is 4.79 Å². The Morgan fingerprint density at radius 2 is 2.05 bits per heavy atom. The van der Waals surface area contributed by atoms with Crippen LogP contribution in [0.3, 0.4) is 0 Å². The van der Waals surface area contributed by atoms with Crippen molar-refractivity contribution in [1.82, 2.24) is 0 Å². The molecule has 4 aliphatic rings. The van der Waals surface area contributed by atoms with Crippen LogP contribution < -0.4 is 0 Å². The quantitative estimate of drug-likeness (QED) is 0.687. The molecule has 0 spiro atoms. The number of rotatable bonds is 0. The Morgan fingerprint density at radius 1 is 1.20 bits per heavy atom. The highest BCUT2D eigenvalue weighted by molar-refractivity contribution is 5.87. The first kappa shape index (κ1) is 13.1. The van der Waals surface area contributed by atoms with Gasteiger partial charge in [-0.2, -0.15) is 0 Å². The second-order valence-corrected chi connectivity index (χ2v) is 7.91. The van der Waals surface area contributed by atoms with Crippen molar-refractivity contribution < 1.29 is 9.90 Å². The summed E-state index contributed by atoms with van der Waals surface area (Å²) >= 11 is 0. The van der Waals surface area contributed by atoms with E-state index in [1.807, 2.05) is 0 Å². The average molecular weight is 274 g/mol. The molecular weight excluding hydrogens is 248 g/mol. The third-order valence-corrected chi connectivity index (χ3v) is 7.13. The normalized spacial score (nSPS) is 51.0. The van der Waals surface area contributed by atoms with E-state index in [1.54, 1.807) is 0 Å². The zero-order chi connectivity index (χ0) is 13.9. The van der Waals surface area contributed by atoms with Gasteiger partial charge >= 0.3 is 0 Å². The van der Waals surface area contributed by atoms with E-state index in [2.05, 4.69) is 13.0 Å². The van der Waals surface area contributed by atoms with E-state index in [9.17, 15) is 9.90 Å². The predicted molar refractivity (Wildman–Crippen MR) is 78.1 cm³/mol. The Hall–Kier alpha value is -0.630. The third-order valence-electron chi connectivity index (χ3n) is 7.13. The third kappa shape index (κ3) is 1.70. The van der Waals surface area contributed by atoms with Crippen LogP contribution in [-0.4, -0.2) is 17.0 Å². The zero-order valence-electron chi connectivity index (χ0n) is 12.5.